The monoisotopic (exact) mass is 512 g/mol. The molecule has 0 bridgehead atoms. The number of carbonyl (C=O) groups excluding carboxylic acids is 2. The first-order chi connectivity index (χ1) is 17.4. The van der Waals surface area contributed by atoms with Crippen molar-refractivity contribution in [3.8, 4) is 5.75 Å². The Morgan fingerprint density at radius 1 is 1.05 bits per heavy atom. The van der Waals surface area contributed by atoms with Gasteiger partial charge in [0.1, 0.15) is 11.6 Å². The highest BCUT2D eigenvalue weighted by molar-refractivity contribution is 6.10. The van der Waals surface area contributed by atoms with Gasteiger partial charge in [0, 0.05) is 34.1 Å². The summed E-state index contributed by atoms with van der Waals surface area (Å²) in [4.78, 5) is 25.8. The molecule has 0 saturated carbocycles. The van der Waals surface area contributed by atoms with Crippen LogP contribution in [0.15, 0.2) is 66.7 Å². The molecular formula is C28H24F4N2O3. The van der Waals surface area contributed by atoms with Gasteiger partial charge in [0.05, 0.1) is 18.2 Å². The lowest BCUT2D eigenvalue weighted by Crippen LogP contribution is -2.43. The zero-order valence-electron chi connectivity index (χ0n) is 20.3. The van der Waals surface area contributed by atoms with Gasteiger partial charge in [0.25, 0.3) is 5.91 Å². The summed E-state index contributed by atoms with van der Waals surface area (Å²) in [6, 6.07) is 13.1. The number of nitrogens with one attached hydrogen (secondary N) is 2. The molecule has 5 nitrogen and oxygen atoms in total. The second-order valence-corrected chi connectivity index (χ2v) is 9.35. The molecule has 0 saturated heterocycles. The van der Waals surface area contributed by atoms with Gasteiger partial charge in [-0.05, 0) is 68.3 Å². The maximum Gasteiger partial charge on any atom is 0.417 e. The molecule has 0 atom stereocenters. The van der Waals surface area contributed by atoms with Crippen LogP contribution in [0.1, 0.15) is 51.3 Å². The molecule has 2 N–H and O–H groups in total. The fraction of sp³-hybridized carbons (Fsp3) is 0.214. The minimum absolute atomic E-state index is 0.0886. The molecule has 1 heterocycles. The molecule has 1 amide bonds. The van der Waals surface area contributed by atoms with Crippen LogP contribution >= 0.6 is 0 Å². The fourth-order valence-electron chi connectivity index (χ4n) is 4.27. The number of ketones is 1. The van der Waals surface area contributed by atoms with E-state index in [2.05, 4.69) is 10.6 Å². The van der Waals surface area contributed by atoms with Crippen molar-refractivity contribution in [1.29, 1.82) is 0 Å². The summed E-state index contributed by atoms with van der Waals surface area (Å²) in [6.45, 7) is 4.02. The minimum atomic E-state index is -4.84. The van der Waals surface area contributed by atoms with Crippen LogP contribution in [0.3, 0.4) is 0 Å². The molecule has 3 aromatic rings. The number of benzene rings is 3. The largest absolute Gasteiger partial charge is 0.497 e. The highest BCUT2D eigenvalue weighted by atomic mass is 19.4. The Kier molecular flexibility index (Phi) is 6.82. The van der Waals surface area contributed by atoms with Gasteiger partial charge < -0.3 is 15.4 Å². The molecule has 37 heavy (non-hydrogen) atoms. The lowest BCUT2D eigenvalue weighted by atomic mass is 9.85. The quantitative estimate of drug-likeness (QED) is 0.241. The molecular weight excluding hydrogens is 488 g/mol. The SMILES string of the molecule is COc1ccc2c(c1)/C(=C/C(=O)c1cccc(NC(=O)c3cc(F)ccc3C(F)(F)F)c1)NC(C)(C)C2. The first kappa shape index (κ1) is 25.9. The molecule has 1 aliphatic rings. The molecule has 0 radical (unpaired) electrons. The van der Waals surface area contributed by atoms with Gasteiger partial charge in [0.15, 0.2) is 5.78 Å². The number of carbonyl (C=O) groups is 2. The predicted molar refractivity (Wildman–Crippen MR) is 132 cm³/mol. The third-order valence-electron chi connectivity index (χ3n) is 5.92. The van der Waals surface area contributed by atoms with E-state index in [-0.39, 0.29) is 22.6 Å². The van der Waals surface area contributed by atoms with Crippen molar-refractivity contribution in [1.82, 2.24) is 5.32 Å². The van der Waals surface area contributed by atoms with Gasteiger partial charge >= 0.3 is 6.18 Å². The lowest BCUT2D eigenvalue weighted by molar-refractivity contribution is -0.137. The second kappa shape index (κ2) is 9.72. The van der Waals surface area contributed by atoms with Crippen LogP contribution in [0.25, 0.3) is 5.70 Å². The van der Waals surface area contributed by atoms with Crippen LogP contribution < -0.4 is 15.4 Å². The molecule has 1 aliphatic heterocycles. The smallest absolute Gasteiger partial charge is 0.417 e. The number of halogens is 4. The van der Waals surface area contributed by atoms with Gasteiger partial charge in [-0.25, -0.2) is 4.39 Å². The molecule has 3 aromatic carbocycles. The number of hydrogen-bond acceptors (Lipinski definition) is 4. The lowest BCUT2D eigenvalue weighted by Gasteiger charge is -2.35. The molecule has 0 aromatic heterocycles. The number of allylic oxidation sites excluding steroid dienone is 1. The van der Waals surface area contributed by atoms with Crippen molar-refractivity contribution in [3.05, 3.63) is 100 Å². The van der Waals surface area contributed by atoms with Gasteiger partial charge in [-0.2, -0.15) is 13.2 Å². The number of anilines is 1. The summed E-state index contributed by atoms with van der Waals surface area (Å²) in [5.41, 5.74) is 0.321. The standard InChI is InChI=1S/C28H24F4N2O3/c1-27(2)15-17-7-9-20(37-3)13-21(17)24(34-27)14-25(35)16-5-4-6-19(11-16)33-26(36)22-12-18(29)8-10-23(22)28(30,31)32/h4-14,34H,15H2,1-3H3,(H,33,36)/b24-14-. The number of fused-ring (bicyclic) bond motifs is 1. The van der Waals surface area contributed by atoms with Gasteiger partial charge in [-0.1, -0.05) is 18.2 Å². The number of amides is 1. The van der Waals surface area contributed by atoms with E-state index in [0.29, 0.717) is 29.6 Å². The van der Waals surface area contributed by atoms with E-state index < -0.39 is 29.0 Å². The minimum Gasteiger partial charge on any atom is -0.497 e. The third kappa shape index (κ3) is 5.82. The molecule has 192 valence electrons. The van der Waals surface area contributed by atoms with Crippen LogP contribution in [0.4, 0.5) is 23.2 Å². The maximum atomic E-state index is 13.6. The Morgan fingerprint density at radius 3 is 2.51 bits per heavy atom. The van der Waals surface area contributed by atoms with Gasteiger partial charge in [-0.3, -0.25) is 9.59 Å². The Labute approximate surface area is 211 Å². The van der Waals surface area contributed by atoms with Crippen molar-refractivity contribution in [3.63, 3.8) is 0 Å². The zero-order valence-corrected chi connectivity index (χ0v) is 20.3. The van der Waals surface area contributed by atoms with Crippen LogP contribution in [-0.2, 0) is 12.6 Å². The average molecular weight is 513 g/mol. The normalized spacial score (nSPS) is 15.5. The summed E-state index contributed by atoms with van der Waals surface area (Å²) in [6.07, 6.45) is -2.67. The van der Waals surface area contributed by atoms with Crippen LogP contribution in [0.5, 0.6) is 5.75 Å². The Morgan fingerprint density at radius 2 is 1.81 bits per heavy atom. The summed E-state index contributed by atoms with van der Waals surface area (Å²) in [5, 5.41) is 5.70. The molecule has 0 spiro atoms. The summed E-state index contributed by atoms with van der Waals surface area (Å²) < 4.78 is 58.9. The van der Waals surface area contributed by atoms with Crippen LogP contribution in [0, 0.1) is 5.82 Å². The summed E-state index contributed by atoms with van der Waals surface area (Å²) in [5.74, 6) is -1.87. The second-order valence-electron chi connectivity index (χ2n) is 9.35. The topological polar surface area (TPSA) is 67.4 Å². The number of hydrogen-bond donors (Lipinski definition) is 2. The van der Waals surface area contributed by atoms with Gasteiger partial charge in [0.2, 0.25) is 0 Å². The summed E-state index contributed by atoms with van der Waals surface area (Å²) in [7, 11) is 1.55. The number of methoxy groups -OCH3 is 1. The predicted octanol–water partition coefficient (Wildman–Crippen LogP) is 6.25. The highest BCUT2D eigenvalue weighted by Gasteiger charge is 2.35. The maximum absolute atomic E-state index is 13.6. The van der Waals surface area contributed by atoms with Crippen molar-refractivity contribution >= 4 is 23.1 Å². The molecule has 0 aliphatic carbocycles. The molecule has 9 heteroatoms. The van der Waals surface area contributed by atoms with Crippen LogP contribution in [0.2, 0.25) is 0 Å². The molecule has 4 rings (SSSR count). The highest BCUT2D eigenvalue weighted by Crippen LogP contribution is 2.34. The van der Waals surface area contributed by atoms with E-state index in [1.807, 2.05) is 32.0 Å². The third-order valence-corrected chi connectivity index (χ3v) is 5.92. The molecule has 0 unspecified atom stereocenters. The van der Waals surface area contributed by atoms with E-state index in [1.165, 1.54) is 30.3 Å². The Hall–Kier alpha value is -4.14. The summed E-state index contributed by atoms with van der Waals surface area (Å²) >= 11 is 0. The van der Waals surface area contributed by atoms with Crippen LogP contribution in [-0.4, -0.2) is 24.3 Å². The first-order valence-corrected chi connectivity index (χ1v) is 11.4. The zero-order chi connectivity index (χ0) is 27.0. The molecule has 0 fully saturated rings. The number of ether oxygens (including phenoxy) is 1. The van der Waals surface area contributed by atoms with E-state index in [4.69, 9.17) is 4.74 Å². The number of rotatable bonds is 5. The van der Waals surface area contributed by atoms with E-state index in [1.54, 1.807) is 7.11 Å². The Balaban J connectivity index is 1.63. The van der Waals surface area contributed by atoms with E-state index in [0.717, 1.165) is 17.5 Å². The van der Waals surface area contributed by atoms with Crippen molar-refractivity contribution in [2.75, 3.05) is 12.4 Å². The first-order valence-electron chi connectivity index (χ1n) is 11.4. The fourth-order valence-corrected chi connectivity index (χ4v) is 4.27. The van der Waals surface area contributed by atoms with E-state index >= 15 is 0 Å². The van der Waals surface area contributed by atoms with Crippen molar-refractivity contribution in [2.24, 2.45) is 0 Å². The Bertz CT molecular complexity index is 1410. The average Bonchev–Trinajstić information content (AvgIpc) is 2.82. The van der Waals surface area contributed by atoms with Crippen molar-refractivity contribution in [2.45, 2.75) is 32.0 Å². The van der Waals surface area contributed by atoms with E-state index in [9.17, 15) is 27.2 Å². The number of alkyl halides is 3. The van der Waals surface area contributed by atoms with Gasteiger partial charge in [-0.15, -0.1) is 0 Å². The van der Waals surface area contributed by atoms with Crippen molar-refractivity contribution < 1.29 is 31.9 Å².